The van der Waals surface area contributed by atoms with Crippen LogP contribution in [0.25, 0.3) is 0 Å². The number of aliphatic carboxylic acids is 1. The zero-order valence-electron chi connectivity index (χ0n) is 12.3. The van der Waals surface area contributed by atoms with Gasteiger partial charge in [-0.3, -0.25) is 14.4 Å². The van der Waals surface area contributed by atoms with Crippen LogP contribution in [0.2, 0.25) is 0 Å². The van der Waals surface area contributed by atoms with Gasteiger partial charge in [-0.2, -0.15) is 5.10 Å². The van der Waals surface area contributed by atoms with E-state index >= 15 is 0 Å². The van der Waals surface area contributed by atoms with Crippen molar-refractivity contribution in [3.63, 3.8) is 0 Å². The van der Waals surface area contributed by atoms with Crippen molar-refractivity contribution in [2.24, 2.45) is 0 Å². The van der Waals surface area contributed by atoms with Gasteiger partial charge in [0.25, 0.3) is 0 Å². The molecule has 5 heteroatoms. The molecule has 2 heterocycles. The lowest BCUT2D eigenvalue weighted by atomic mass is 9.97. The van der Waals surface area contributed by atoms with E-state index in [9.17, 15) is 4.79 Å². The molecule has 0 spiro atoms. The summed E-state index contributed by atoms with van der Waals surface area (Å²) in [5.41, 5.74) is 1.24. The standard InChI is InChI=1S/C15H25N3O2/c1-2-10-18-14(8-9-16-18)12-17-11-4-3-5-13(17)6-7-15(19)20/h8-9,13H,2-7,10-12H2,1H3,(H,19,20). The van der Waals surface area contributed by atoms with Crippen molar-refractivity contribution in [2.45, 2.75) is 64.6 Å². The van der Waals surface area contributed by atoms with Gasteiger partial charge in [0.15, 0.2) is 0 Å². The van der Waals surface area contributed by atoms with E-state index in [1.807, 2.05) is 6.20 Å². The Morgan fingerprint density at radius 1 is 1.50 bits per heavy atom. The van der Waals surface area contributed by atoms with Gasteiger partial charge in [0.1, 0.15) is 0 Å². The van der Waals surface area contributed by atoms with Gasteiger partial charge in [-0.25, -0.2) is 0 Å². The number of piperidine rings is 1. The number of carboxylic acids is 1. The van der Waals surface area contributed by atoms with Crippen LogP contribution in [0, 0.1) is 0 Å². The zero-order chi connectivity index (χ0) is 14.4. The fourth-order valence-corrected chi connectivity index (χ4v) is 3.00. The lowest BCUT2D eigenvalue weighted by Gasteiger charge is -2.35. The molecule has 1 aliphatic rings. The first kappa shape index (κ1) is 15.0. The molecule has 0 radical (unpaired) electrons. The summed E-state index contributed by atoms with van der Waals surface area (Å²) in [6.07, 6.45) is 7.53. The number of carbonyl (C=O) groups is 1. The molecule has 1 aromatic heterocycles. The fourth-order valence-electron chi connectivity index (χ4n) is 3.00. The molecule has 0 amide bonds. The summed E-state index contributed by atoms with van der Waals surface area (Å²) in [6.45, 7) is 5.07. The number of nitrogens with zero attached hydrogens (tertiary/aromatic N) is 3. The van der Waals surface area contributed by atoms with Gasteiger partial charge in [0, 0.05) is 31.7 Å². The minimum absolute atomic E-state index is 0.273. The maximum Gasteiger partial charge on any atom is 0.303 e. The minimum Gasteiger partial charge on any atom is -0.481 e. The quantitative estimate of drug-likeness (QED) is 0.833. The maximum atomic E-state index is 10.8. The predicted molar refractivity (Wildman–Crippen MR) is 77.4 cm³/mol. The molecule has 20 heavy (non-hydrogen) atoms. The van der Waals surface area contributed by atoms with E-state index in [0.717, 1.165) is 38.9 Å². The Bertz CT molecular complexity index is 431. The summed E-state index contributed by atoms with van der Waals surface area (Å²) in [7, 11) is 0. The van der Waals surface area contributed by atoms with Gasteiger partial charge in [-0.05, 0) is 38.3 Å². The largest absolute Gasteiger partial charge is 0.481 e. The van der Waals surface area contributed by atoms with Crippen molar-refractivity contribution >= 4 is 5.97 Å². The third-order valence-electron chi connectivity index (χ3n) is 4.05. The van der Waals surface area contributed by atoms with E-state index in [1.54, 1.807) is 0 Å². The topological polar surface area (TPSA) is 58.4 Å². The zero-order valence-corrected chi connectivity index (χ0v) is 12.3. The summed E-state index contributed by atoms with van der Waals surface area (Å²) >= 11 is 0. The highest BCUT2D eigenvalue weighted by molar-refractivity contribution is 5.66. The van der Waals surface area contributed by atoms with Crippen LogP contribution in [-0.4, -0.2) is 38.3 Å². The Kier molecular flexibility index (Phi) is 5.59. The van der Waals surface area contributed by atoms with Crippen molar-refractivity contribution in [1.82, 2.24) is 14.7 Å². The van der Waals surface area contributed by atoms with Crippen molar-refractivity contribution in [3.8, 4) is 0 Å². The smallest absolute Gasteiger partial charge is 0.303 e. The van der Waals surface area contributed by atoms with Crippen LogP contribution in [0.15, 0.2) is 12.3 Å². The molecule has 112 valence electrons. The number of hydrogen-bond acceptors (Lipinski definition) is 3. The molecule has 5 nitrogen and oxygen atoms in total. The lowest BCUT2D eigenvalue weighted by molar-refractivity contribution is -0.137. The summed E-state index contributed by atoms with van der Waals surface area (Å²) in [5, 5.41) is 13.2. The molecule has 1 unspecified atom stereocenters. The molecule has 0 aliphatic carbocycles. The van der Waals surface area contributed by atoms with Crippen LogP contribution in [0.1, 0.15) is 51.1 Å². The highest BCUT2D eigenvalue weighted by Gasteiger charge is 2.23. The maximum absolute atomic E-state index is 10.8. The van der Waals surface area contributed by atoms with Crippen LogP contribution >= 0.6 is 0 Å². The molecule has 1 aliphatic heterocycles. The minimum atomic E-state index is -0.688. The van der Waals surface area contributed by atoms with Crippen LogP contribution in [0.3, 0.4) is 0 Å². The molecule has 1 fully saturated rings. The highest BCUT2D eigenvalue weighted by Crippen LogP contribution is 2.23. The number of hydrogen-bond donors (Lipinski definition) is 1. The molecule has 0 saturated carbocycles. The summed E-state index contributed by atoms with van der Waals surface area (Å²) in [5.74, 6) is -0.688. The molecule has 2 rings (SSSR count). The van der Waals surface area contributed by atoms with E-state index in [-0.39, 0.29) is 6.42 Å². The van der Waals surface area contributed by atoms with E-state index < -0.39 is 5.97 Å². The summed E-state index contributed by atoms with van der Waals surface area (Å²) in [6, 6.07) is 2.49. The summed E-state index contributed by atoms with van der Waals surface area (Å²) < 4.78 is 2.07. The molecule has 1 N–H and O–H groups in total. The van der Waals surface area contributed by atoms with Crippen molar-refractivity contribution in [1.29, 1.82) is 0 Å². The monoisotopic (exact) mass is 279 g/mol. The fraction of sp³-hybridized carbons (Fsp3) is 0.733. The predicted octanol–water partition coefficient (Wildman–Crippen LogP) is 2.51. The van der Waals surface area contributed by atoms with Crippen LogP contribution in [0.4, 0.5) is 0 Å². The third kappa shape index (κ3) is 4.07. The number of likely N-dealkylation sites (tertiary alicyclic amines) is 1. The van der Waals surface area contributed by atoms with Gasteiger partial charge >= 0.3 is 5.97 Å². The van der Waals surface area contributed by atoms with Crippen molar-refractivity contribution in [3.05, 3.63) is 18.0 Å². The Morgan fingerprint density at radius 3 is 3.10 bits per heavy atom. The molecule has 1 saturated heterocycles. The van der Waals surface area contributed by atoms with Crippen LogP contribution in [0.5, 0.6) is 0 Å². The second-order valence-electron chi connectivity index (χ2n) is 5.60. The van der Waals surface area contributed by atoms with Crippen LogP contribution < -0.4 is 0 Å². The molecule has 0 aromatic carbocycles. The van der Waals surface area contributed by atoms with Crippen molar-refractivity contribution in [2.75, 3.05) is 6.54 Å². The van der Waals surface area contributed by atoms with Gasteiger partial charge in [-0.1, -0.05) is 13.3 Å². The average molecular weight is 279 g/mol. The lowest BCUT2D eigenvalue weighted by Crippen LogP contribution is -2.39. The number of aryl methyl sites for hydroxylation is 1. The number of rotatable bonds is 7. The van der Waals surface area contributed by atoms with Crippen molar-refractivity contribution < 1.29 is 9.90 Å². The second-order valence-corrected chi connectivity index (χ2v) is 5.60. The molecule has 1 aromatic rings. The van der Waals surface area contributed by atoms with E-state index in [0.29, 0.717) is 6.04 Å². The number of carboxylic acid groups (broad SMARTS) is 1. The highest BCUT2D eigenvalue weighted by atomic mass is 16.4. The Balaban J connectivity index is 1.97. The normalized spacial score (nSPS) is 20.1. The first-order chi connectivity index (χ1) is 9.70. The molecule has 1 atom stereocenters. The van der Waals surface area contributed by atoms with Gasteiger partial charge in [-0.15, -0.1) is 0 Å². The molecule has 0 bridgehead atoms. The Morgan fingerprint density at radius 2 is 2.35 bits per heavy atom. The Hall–Kier alpha value is -1.36. The first-order valence-electron chi connectivity index (χ1n) is 7.67. The third-order valence-corrected chi connectivity index (χ3v) is 4.05. The number of aromatic nitrogens is 2. The van der Waals surface area contributed by atoms with E-state index in [4.69, 9.17) is 5.11 Å². The van der Waals surface area contributed by atoms with Crippen LogP contribution in [-0.2, 0) is 17.9 Å². The van der Waals surface area contributed by atoms with Gasteiger partial charge in [0.05, 0.1) is 5.69 Å². The van der Waals surface area contributed by atoms with E-state index in [2.05, 4.69) is 27.7 Å². The molecular weight excluding hydrogens is 254 g/mol. The molecular formula is C15H25N3O2. The SMILES string of the molecule is CCCn1nccc1CN1CCCCC1CCC(=O)O. The average Bonchev–Trinajstić information content (AvgIpc) is 2.85. The summed E-state index contributed by atoms with van der Waals surface area (Å²) in [4.78, 5) is 13.2. The van der Waals surface area contributed by atoms with Gasteiger partial charge < -0.3 is 5.11 Å². The van der Waals surface area contributed by atoms with Gasteiger partial charge in [0.2, 0.25) is 0 Å². The van der Waals surface area contributed by atoms with E-state index in [1.165, 1.54) is 18.5 Å². The first-order valence-corrected chi connectivity index (χ1v) is 7.67. The Labute approximate surface area is 120 Å². The second kappa shape index (κ2) is 7.43.